The fourth-order valence-electron chi connectivity index (χ4n) is 2.33. The number of piperazine rings is 1. The van der Waals surface area contributed by atoms with Crippen molar-refractivity contribution in [1.82, 2.24) is 25.0 Å². The largest absolute Gasteiger partial charge is 0.416 e. The average Bonchev–Trinajstić information content (AvgIpc) is 2.98. The Morgan fingerprint density at radius 1 is 1.29 bits per heavy atom. The van der Waals surface area contributed by atoms with Crippen LogP contribution >= 0.6 is 0 Å². The number of nitrogens with zero attached hydrogens (tertiary/aromatic N) is 4. The molecule has 0 radical (unpaired) electrons. The molecule has 24 heavy (non-hydrogen) atoms. The summed E-state index contributed by atoms with van der Waals surface area (Å²) >= 11 is 0. The molecular formula is C14H17N7O3. The molecule has 10 nitrogen and oxygen atoms in total. The summed E-state index contributed by atoms with van der Waals surface area (Å²) in [6, 6.07) is 3.30. The van der Waals surface area contributed by atoms with Gasteiger partial charge in [0.15, 0.2) is 5.69 Å². The highest BCUT2D eigenvalue weighted by atomic mass is 16.6. The highest BCUT2D eigenvalue weighted by Gasteiger charge is 2.21. The average molecular weight is 331 g/mol. The van der Waals surface area contributed by atoms with Crippen molar-refractivity contribution in [1.29, 1.82) is 0 Å². The van der Waals surface area contributed by atoms with Crippen LogP contribution in [0.25, 0.3) is 5.69 Å². The summed E-state index contributed by atoms with van der Waals surface area (Å²) in [5.74, 6) is -0.672. The minimum atomic E-state index is -0.741. The van der Waals surface area contributed by atoms with Crippen molar-refractivity contribution in [3.63, 3.8) is 0 Å². The van der Waals surface area contributed by atoms with Crippen molar-refractivity contribution in [2.45, 2.75) is 0 Å². The predicted octanol–water partition coefficient (Wildman–Crippen LogP) is -0.648. The van der Waals surface area contributed by atoms with Crippen LogP contribution in [-0.4, -0.2) is 57.8 Å². The number of nitrogens with two attached hydrogens (primary N) is 2. The number of carbonyl (C=O) groups excluding carboxylic acids is 2. The summed E-state index contributed by atoms with van der Waals surface area (Å²) in [5.41, 5.74) is 11.4. The molecule has 126 valence electrons. The Morgan fingerprint density at radius 3 is 2.71 bits per heavy atom. The van der Waals surface area contributed by atoms with Crippen molar-refractivity contribution < 1.29 is 14.3 Å². The number of pyridine rings is 1. The van der Waals surface area contributed by atoms with Crippen LogP contribution in [0.15, 0.2) is 24.5 Å². The number of ether oxygens (including phenoxy) is 1. The van der Waals surface area contributed by atoms with Gasteiger partial charge in [-0.2, -0.15) is 5.10 Å². The number of hydrogen-bond donors (Lipinski definition) is 3. The van der Waals surface area contributed by atoms with E-state index in [2.05, 4.69) is 15.4 Å². The van der Waals surface area contributed by atoms with Gasteiger partial charge in [0.05, 0.1) is 11.9 Å². The lowest BCUT2D eigenvalue weighted by atomic mass is 10.3. The molecule has 3 rings (SSSR count). The van der Waals surface area contributed by atoms with Gasteiger partial charge in [0.1, 0.15) is 5.69 Å². The topological polar surface area (TPSA) is 141 Å². The number of aromatic nitrogens is 3. The maximum absolute atomic E-state index is 12.2. The number of anilines is 1. The van der Waals surface area contributed by atoms with E-state index in [0.29, 0.717) is 31.9 Å². The monoisotopic (exact) mass is 331 g/mol. The molecule has 1 saturated heterocycles. The van der Waals surface area contributed by atoms with Crippen LogP contribution in [0.2, 0.25) is 0 Å². The van der Waals surface area contributed by atoms with E-state index in [1.807, 2.05) is 0 Å². The highest BCUT2D eigenvalue weighted by molar-refractivity contribution is 5.95. The maximum atomic E-state index is 12.2. The molecule has 2 aromatic rings. The zero-order valence-electron chi connectivity index (χ0n) is 12.8. The highest BCUT2D eigenvalue weighted by Crippen LogP contribution is 2.22. The summed E-state index contributed by atoms with van der Waals surface area (Å²) in [6.07, 6.45) is 2.41. The zero-order chi connectivity index (χ0) is 17.1. The normalized spacial score (nSPS) is 14.4. The van der Waals surface area contributed by atoms with E-state index in [1.54, 1.807) is 17.0 Å². The van der Waals surface area contributed by atoms with Crippen LogP contribution in [0.5, 0.6) is 5.88 Å². The van der Waals surface area contributed by atoms with Gasteiger partial charge in [-0.3, -0.25) is 4.79 Å². The van der Waals surface area contributed by atoms with Crippen LogP contribution in [0.4, 0.5) is 10.5 Å². The quantitative estimate of drug-likeness (QED) is 0.678. The Bertz CT molecular complexity index is 767. The van der Waals surface area contributed by atoms with Gasteiger partial charge in [0, 0.05) is 32.4 Å². The standard InChI is InChI=1S/C14H17N7O3/c15-9-8-21(19-11(9)12(16)22)10-2-1-3-18-13(10)24-14(23)20-6-4-17-5-7-20/h1-3,8,17H,4-7,15H2,(H2,16,22). The second-order valence-corrected chi connectivity index (χ2v) is 5.17. The van der Waals surface area contributed by atoms with Crippen LogP contribution in [-0.2, 0) is 0 Å². The van der Waals surface area contributed by atoms with Crippen molar-refractivity contribution in [3.8, 4) is 11.6 Å². The predicted molar refractivity (Wildman–Crippen MR) is 84.8 cm³/mol. The Morgan fingerprint density at radius 2 is 2.04 bits per heavy atom. The van der Waals surface area contributed by atoms with Crippen molar-refractivity contribution in [2.24, 2.45) is 5.73 Å². The number of carbonyl (C=O) groups is 2. The Kier molecular flexibility index (Phi) is 4.29. The number of amides is 2. The summed E-state index contributed by atoms with van der Waals surface area (Å²) in [6.45, 7) is 2.53. The Balaban J connectivity index is 1.86. The van der Waals surface area contributed by atoms with E-state index in [9.17, 15) is 9.59 Å². The number of primary amides is 1. The van der Waals surface area contributed by atoms with E-state index < -0.39 is 12.0 Å². The second-order valence-electron chi connectivity index (χ2n) is 5.17. The summed E-state index contributed by atoms with van der Waals surface area (Å²) in [4.78, 5) is 29.2. The van der Waals surface area contributed by atoms with Crippen molar-refractivity contribution in [2.75, 3.05) is 31.9 Å². The number of nitrogen functional groups attached to an aromatic ring is 1. The Labute approximate surface area is 137 Å². The molecule has 5 N–H and O–H groups in total. The van der Waals surface area contributed by atoms with E-state index >= 15 is 0 Å². The first-order valence-corrected chi connectivity index (χ1v) is 7.34. The van der Waals surface area contributed by atoms with Crippen LogP contribution < -0.4 is 21.5 Å². The maximum Gasteiger partial charge on any atom is 0.416 e. The molecular weight excluding hydrogens is 314 g/mol. The lowest BCUT2D eigenvalue weighted by molar-refractivity contribution is 0.0995. The minimum Gasteiger partial charge on any atom is -0.396 e. The van der Waals surface area contributed by atoms with Crippen LogP contribution in [0.1, 0.15) is 10.5 Å². The molecule has 1 fully saturated rings. The van der Waals surface area contributed by atoms with E-state index in [4.69, 9.17) is 16.2 Å². The molecule has 1 aliphatic heterocycles. The first-order chi connectivity index (χ1) is 11.6. The van der Waals surface area contributed by atoms with Gasteiger partial charge >= 0.3 is 6.09 Å². The third-order valence-electron chi connectivity index (χ3n) is 3.53. The van der Waals surface area contributed by atoms with Crippen molar-refractivity contribution in [3.05, 3.63) is 30.2 Å². The summed E-state index contributed by atoms with van der Waals surface area (Å²) in [5, 5.41) is 7.18. The van der Waals surface area contributed by atoms with Gasteiger partial charge in [-0.05, 0) is 12.1 Å². The van der Waals surface area contributed by atoms with Gasteiger partial charge in [0.25, 0.3) is 11.8 Å². The number of nitrogens with one attached hydrogen (secondary N) is 1. The molecule has 0 aliphatic carbocycles. The lowest BCUT2D eigenvalue weighted by Gasteiger charge is -2.26. The molecule has 0 atom stereocenters. The van der Waals surface area contributed by atoms with Gasteiger partial charge in [-0.15, -0.1) is 0 Å². The summed E-state index contributed by atoms with van der Waals surface area (Å²) < 4.78 is 6.69. The smallest absolute Gasteiger partial charge is 0.396 e. The van der Waals surface area contributed by atoms with Crippen molar-refractivity contribution >= 4 is 17.7 Å². The van der Waals surface area contributed by atoms with Crippen LogP contribution in [0, 0.1) is 0 Å². The van der Waals surface area contributed by atoms with E-state index in [0.717, 1.165) is 0 Å². The molecule has 1 aliphatic rings. The first kappa shape index (κ1) is 15.7. The second kappa shape index (κ2) is 6.54. The zero-order valence-corrected chi connectivity index (χ0v) is 12.8. The number of rotatable bonds is 3. The lowest BCUT2D eigenvalue weighted by Crippen LogP contribution is -2.47. The fraction of sp³-hybridized carbons (Fsp3) is 0.286. The summed E-state index contributed by atoms with van der Waals surface area (Å²) in [7, 11) is 0. The third-order valence-corrected chi connectivity index (χ3v) is 3.53. The van der Waals surface area contributed by atoms with Gasteiger partial charge < -0.3 is 26.4 Å². The first-order valence-electron chi connectivity index (χ1n) is 7.34. The molecule has 0 bridgehead atoms. The fourth-order valence-corrected chi connectivity index (χ4v) is 2.33. The molecule has 0 aromatic carbocycles. The molecule has 10 heteroatoms. The molecule has 2 aromatic heterocycles. The molecule has 0 spiro atoms. The molecule has 0 saturated carbocycles. The molecule has 0 unspecified atom stereocenters. The molecule has 2 amide bonds. The van der Waals surface area contributed by atoms with Gasteiger partial charge in [-0.1, -0.05) is 0 Å². The Hall–Kier alpha value is -3.14. The van der Waals surface area contributed by atoms with Gasteiger partial charge in [0.2, 0.25) is 0 Å². The van der Waals surface area contributed by atoms with Gasteiger partial charge in [-0.25, -0.2) is 14.5 Å². The van der Waals surface area contributed by atoms with E-state index in [-0.39, 0.29) is 17.3 Å². The van der Waals surface area contributed by atoms with Crippen LogP contribution in [0.3, 0.4) is 0 Å². The minimum absolute atomic E-state index is 0.0572. The number of hydrogen-bond acceptors (Lipinski definition) is 7. The SMILES string of the molecule is NC(=O)c1nn(-c2cccnc2OC(=O)N2CCNCC2)cc1N. The molecule has 3 heterocycles. The van der Waals surface area contributed by atoms with E-state index in [1.165, 1.54) is 17.1 Å². The third kappa shape index (κ3) is 3.13.